The number of pyridine rings is 1. The van der Waals surface area contributed by atoms with Crippen molar-refractivity contribution in [3.63, 3.8) is 0 Å². The lowest BCUT2D eigenvalue weighted by molar-refractivity contribution is -0.137. The first-order valence-corrected chi connectivity index (χ1v) is 18.9. The fourth-order valence-corrected chi connectivity index (χ4v) is 8.44. The van der Waals surface area contributed by atoms with Crippen molar-refractivity contribution in [1.82, 2.24) is 4.98 Å². The molecule has 2 N–H and O–H groups in total. The molecule has 1 spiro atoms. The predicted molar refractivity (Wildman–Crippen MR) is 204 cm³/mol. The Hall–Kier alpha value is -6.02. The lowest BCUT2D eigenvalue weighted by Gasteiger charge is -2.53. The number of rotatable bonds is 6. The van der Waals surface area contributed by atoms with Crippen LogP contribution in [0.1, 0.15) is 72.9 Å². The third-order valence-electron chi connectivity index (χ3n) is 11.5. The second-order valence-electron chi connectivity index (χ2n) is 15.1. The van der Waals surface area contributed by atoms with Crippen LogP contribution in [0, 0.1) is 11.2 Å². The molecule has 10 nitrogen and oxygen atoms in total. The van der Waals surface area contributed by atoms with E-state index in [9.17, 15) is 31.9 Å². The zero-order valence-corrected chi connectivity index (χ0v) is 30.7. The van der Waals surface area contributed by atoms with Gasteiger partial charge in [-0.25, -0.2) is 9.37 Å². The molecule has 2 saturated heterocycles. The summed E-state index contributed by atoms with van der Waals surface area (Å²) in [5.74, 6) is -2.19. The topological polar surface area (TPSA) is 117 Å². The summed E-state index contributed by atoms with van der Waals surface area (Å²) in [5.41, 5.74) is 3.02. The van der Waals surface area contributed by atoms with E-state index in [1.807, 2.05) is 11.4 Å². The zero-order valence-electron chi connectivity index (χ0n) is 30.7. The molecular formula is C43H37F4N5O5. The summed E-state index contributed by atoms with van der Waals surface area (Å²) in [4.78, 5) is 49.8. The van der Waals surface area contributed by atoms with Gasteiger partial charge in [-0.3, -0.25) is 14.4 Å². The van der Waals surface area contributed by atoms with Gasteiger partial charge >= 0.3 is 6.18 Å². The number of carbonyl (C=O) groups excluding carboxylic acids is 3. The second kappa shape index (κ2) is 14.2. The molecule has 0 radical (unpaired) electrons. The number of ether oxygens (including phenoxy) is 1. The minimum absolute atomic E-state index is 0.187. The van der Waals surface area contributed by atoms with E-state index in [0.29, 0.717) is 45.5 Å². The van der Waals surface area contributed by atoms with Crippen LogP contribution < -0.4 is 20.4 Å². The number of carbonyl (C=O) groups is 3. The summed E-state index contributed by atoms with van der Waals surface area (Å²) >= 11 is 0. The number of aryl methyl sites for hydroxylation is 2. The number of furan rings is 1. The average Bonchev–Trinajstić information content (AvgIpc) is 3.81. The maximum Gasteiger partial charge on any atom is 0.418 e. The monoisotopic (exact) mass is 779 g/mol. The van der Waals surface area contributed by atoms with Crippen LogP contribution in [0.25, 0.3) is 11.3 Å². The first-order chi connectivity index (χ1) is 27.5. The Balaban J connectivity index is 0.916. The third-order valence-corrected chi connectivity index (χ3v) is 11.5. The van der Waals surface area contributed by atoms with Gasteiger partial charge in [0.15, 0.2) is 5.76 Å². The van der Waals surface area contributed by atoms with Crippen LogP contribution in [-0.4, -0.2) is 55.6 Å². The second-order valence-corrected chi connectivity index (χ2v) is 15.1. The predicted octanol–water partition coefficient (Wildman–Crippen LogP) is 8.31. The molecule has 292 valence electrons. The van der Waals surface area contributed by atoms with E-state index in [2.05, 4.69) is 10.2 Å². The summed E-state index contributed by atoms with van der Waals surface area (Å²) < 4.78 is 66.7. The smallest absolute Gasteiger partial charge is 0.418 e. The molecule has 0 unspecified atom stereocenters. The Kier molecular flexibility index (Phi) is 9.10. The highest BCUT2D eigenvalue weighted by atomic mass is 19.4. The molecule has 2 aromatic heterocycles. The van der Waals surface area contributed by atoms with Gasteiger partial charge in [-0.05, 0) is 105 Å². The molecule has 14 heteroatoms. The maximum absolute atomic E-state index is 14.5. The molecule has 3 amide bonds. The molecule has 0 bridgehead atoms. The van der Waals surface area contributed by atoms with E-state index in [0.717, 1.165) is 81.8 Å². The van der Waals surface area contributed by atoms with Crippen LogP contribution in [-0.2, 0) is 30.2 Å². The zero-order chi connectivity index (χ0) is 39.5. The highest BCUT2D eigenvalue weighted by Crippen LogP contribution is 2.44. The van der Waals surface area contributed by atoms with Crippen molar-refractivity contribution >= 4 is 40.6 Å². The first-order valence-electron chi connectivity index (χ1n) is 18.9. The number of alkyl halides is 3. The number of hydrogen-bond donors (Lipinski definition) is 2. The molecule has 3 aliphatic heterocycles. The van der Waals surface area contributed by atoms with Crippen LogP contribution in [0.4, 0.5) is 40.4 Å². The number of aromatic nitrogens is 1. The molecule has 9 rings (SSSR count). The Bertz CT molecular complexity index is 2410. The molecule has 0 atom stereocenters. The number of hydrogen-bond acceptors (Lipinski definition) is 7. The quantitative estimate of drug-likeness (QED) is 0.167. The van der Waals surface area contributed by atoms with E-state index in [1.165, 1.54) is 6.07 Å². The van der Waals surface area contributed by atoms with Crippen LogP contribution in [0.15, 0.2) is 83.3 Å². The molecule has 1 aliphatic carbocycles. The lowest BCUT2D eigenvalue weighted by Crippen LogP contribution is -2.59. The lowest BCUT2D eigenvalue weighted by atomic mass is 9.73. The molecule has 5 heterocycles. The number of nitrogens with zero attached hydrogens (tertiary/aromatic N) is 3. The SMILES string of the molecule is O=C(Nc1c(F)cccc1C(F)(F)F)c1cc2c(o1)-c1ccccc1N(C(=O)c1ccc(NC(=O)c3cc4c(nc3N3CC5(CCOCC5)C3)CCC4)cc1)CC2. The van der Waals surface area contributed by atoms with Crippen LogP contribution in [0.2, 0.25) is 0 Å². The van der Waals surface area contributed by atoms with E-state index in [4.69, 9.17) is 14.1 Å². The standard InChI is InChI=1S/C43H37F4N5O5/c44-32-8-4-7-31(43(45,46)47)36(32)50-40(54)35-22-27-15-18-52(34-10-2-1-6-29(34)37(27)57-35)41(55)25-11-13-28(14-12-25)48-39(53)30-21-26-5-3-9-33(26)49-38(30)51-23-42(24-51)16-19-56-20-17-42/h1-2,4,6-8,10-14,21-22H,3,5,9,15-20,23-24H2,(H,48,53)(H,50,54). The van der Waals surface area contributed by atoms with Crippen molar-refractivity contribution in [3.05, 3.63) is 124 Å². The third kappa shape index (κ3) is 6.81. The number of amides is 3. The Labute approximate surface area is 324 Å². The van der Waals surface area contributed by atoms with Gasteiger partial charge in [0.05, 0.1) is 22.5 Å². The van der Waals surface area contributed by atoms with Crippen molar-refractivity contribution < 1.29 is 41.1 Å². The van der Waals surface area contributed by atoms with Crippen molar-refractivity contribution in [1.29, 1.82) is 0 Å². The first kappa shape index (κ1) is 36.6. The number of nitrogens with one attached hydrogen (secondary N) is 2. The fraction of sp³-hybridized carbons (Fsp3) is 0.302. The van der Waals surface area contributed by atoms with E-state index < -0.39 is 29.2 Å². The molecule has 0 saturated carbocycles. The largest absolute Gasteiger partial charge is 0.451 e. The summed E-state index contributed by atoms with van der Waals surface area (Å²) in [5, 5.41) is 5.05. The highest BCUT2D eigenvalue weighted by molar-refractivity contribution is 6.10. The van der Waals surface area contributed by atoms with E-state index >= 15 is 0 Å². The molecule has 5 aromatic rings. The molecule has 2 fully saturated rings. The minimum Gasteiger partial charge on any atom is -0.451 e. The highest BCUT2D eigenvalue weighted by Gasteiger charge is 2.45. The van der Waals surface area contributed by atoms with Gasteiger partial charge in [-0.1, -0.05) is 18.2 Å². The molecule has 4 aliphatic rings. The maximum atomic E-state index is 14.5. The van der Waals surface area contributed by atoms with Crippen LogP contribution in [0.3, 0.4) is 0 Å². The van der Waals surface area contributed by atoms with Crippen molar-refractivity contribution in [3.8, 4) is 11.3 Å². The minimum atomic E-state index is -4.90. The Morgan fingerprint density at radius 2 is 1.60 bits per heavy atom. The van der Waals surface area contributed by atoms with Crippen molar-refractivity contribution in [2.24, 2.45) is 5.41 Å². The number of para-hydroxylation sites is 2. The normalized spacial score (nSPS) is 16.9. The number of halogens is 4. The van der Waals surface area contributed by atoms with Gasteiger partial charge in [0, 0.05) is 66.3 Å². The summed E-state index contributed by atoms with van der Waals surface area (Å²) in [6, 6.07) is 19.4. The summed E-state index contributed by atoms with van der Waals surface area (Å²) in [6.45, 7) is 3.39. The van der Waals surface area contributed by atoms with Crippen LogP contribution in [0.5, 0.6) is 0 Å². The Morgan fingerprint density at radius 1 is 0.825 bits per heavy atom. The molecule has 3 aromatic carbocycles. The van der Waals surface area contributed by atoms with Gasteiger partial charge in [-0.15, -0.1) is 0 Å². The van der Waals surface area contributed by atoms with Crippen LogP contribution >= 0.6 is 0 Å². The van der Waals surface area contributed by atoms with E-state index in [-0.39, 0.29) is 41.7 Å². The van der Waals surface area contributed by atoms with Gasteiger partial charge in [0.1, 0.15) is 17.4 Å². The van der Waals surface area contributed by atoms with Crippen molar-refractivity contribution in [2.45, 2.75) is 44.7 Å². The molecule has 57 heavy (non-hydrogen) atoms. The van der Waals surface area contributed by atoms with Gasteiger partial charge in [-0.2, -0.15) is 13.2 Å². The van der Waals surface area contributed by atoms with Gasteiger partial charge < -0.3 is 29.6 Å². The number of anilines is 4. The molecular weight excluding hydrogens is 742 g/mol. The van der Waals surface area contributed by atoms with Gasteiger partial charge in [0.2, 0.25) is 0 Å². The average molecular weight is 780 g/mol. The van der Waals surface area contributed by atoms with Crippen molar-refractivity contribution in [2.75, 3.05) is 53.3 Å². The van der Waals surface area contributed by atoms with Gasteiger partial charge in [0.25, 0.3) is 17.7 Å². The fourth-order valence-electron chi connectivity index (χ4n) is 8.44. The summed E-state index contributed by atoms with van der Waals surface area (Å²) in [7, 11) is 0. The number of benzene rings is 3. The van der Waals surface area contributed by atoms with E-state index in [1.54, 1.807) is 53.4 Å². The Morgan fingerprint density at radius 3 is 2.37 bits per heavy atom. The number of fused-ring (bicyclic) bond motifs is 4. The summed E-state index contributed by atoms with van der Waals surface area (Å²) in [6.07, 6.45) is 0.156.